The lowest BCUT2D eigenvalue weighted by molar-refractivity contribution is 1.58. The van der Waals surface area contributed by atoms with E-state index in [0.29, 0.717) is 0 Å². The van der Waals surface area contributed by atoms with Gasteiger partial charge in [-0.1, -0.05) is 170 Å². The third-order valence-corrected chi connectivity index (χ3v) is 8.88. The second-order valence-electron chi connectivity index (χ2n) is 11.7. The summed E-state index contributed by atoms with van der Waals surface area (Å²) >= 11 is 0. The normalized spacial score (nSPS) is 11.0. The van der Waals surface area contributed by atoms with Crippen LogP contribution in [0.1, 0.15) is 0 Å². The van der Waals surface area contributed by atoms with Crippen LogP contribution in [0.3, 0.4) is 0 Å². The van der Waals surface area contributed by atoms with Gasteiger partial charge in [-0.05, 0) is 101 Å². The van der Waals surface area contributed by atoms with E-state index in [9.17, 15) is 0 Å². The molecular formula is C46H32. The van der Waals surface area contributed by atoms with Crippen molar-refractivity contribution in [3.63, 3.8) is 0 Å². The fourth-order valence-corrected chi connectivity index (χ4v) is 6.71. The van der Waals surface area contributed by atoms with Crippen LogP contribution in [0.15, 0.2) is 194 Å². The topological polar surface area (TPSA) is 0 Å². The first-order chi connectivity index (χ1) is 22.8. The molecule has 0 heteroatoms. The molecule has 0 saturated heterocycles. The van der Waals surface area contributed by atoms with Gasteiger partial charge in [0, 0.05) is 0 Å². The molecule has 0 spiro atoms. The maximum Gasteiger partial charge on any atom is -0.00928 e. The van der Waals surface area contributed by atoms with Crippen molar-refractivity contribution in [2.45, 2.75) is 0 Å². The molecule has 0 amide bonds. The van der Waals surface area contributed by atoms with E-state index in [4.69, 9.17) is 0 Å². The molecule has 8 rings (SSSR count). The van der Waals surface area contributed by atoms with Crippen LogP contribution in [-0.4, -0.2) is 0 Å². The molecule has 0 aliphatic heterocycles. The van der Waals surface area contributed by atoms with Crippen LogP contribution >= 0.6 is 0 Å². The summed E-state index contributed by atoms with van der Waals surface area (Å²) in [5.41, 5.74) is 9.63. The third kappa shape index (κ3) is 5.21. The van der Waals surface area contributed by atoms with E-state index in [2.05, 4.69) is 194 Å². The molecule has 0 aliphatic rings. The van der Waals surface area contributed by atoms with Crippen molar-refractivity contribution < 1.29 is 0 Å². The lowest BCUT2D eigenvalue weighted by Gasteiger charge is -2.15. The molecule has 0 aromatic heterocycles. The minimum atomic E-state index is 1.18. The summed E-state index contributed by atoms with van der Waals surface area (Å²) in [5.74, 6) is 0. The number of fused-ring (bicyclic) bond motifs is 4. The summed E-state index contributed by atoms with van der Waals surface area (Å²) in [4.78, 5) is 0. The Hall–Kier alpha value is -5.98. The number of hydrogen-bond donors (Lipinski definition) is 0. The average molecular weight is 585 g/mol. The molecule has 0 saturated carbocycles. The number of hydrogen-bond acceptors (Lipinski definition) is 0. The van der Waals surface area contributed by atoms with E-state index >= 15 is 0 Å². The maximum absolute atomic E-state index is 2.36. The van der Waals surface area contributed by atoms with Crippen LogP contribution in [0.2, 0.25) is 0 Å². The van der Waals surface area contributed by atoms with Crippen molar-refractivity contribution in [1.82, 2.24) is 0 Å². The van der Waals surface area contributed by atoms with Gasteiger partial charge in [0.25, 0.3) is 0 Å². The Kier molecular flexibility index (Phi) is 7.30. The maximum atomic E-state index is 2.36. The Morgan fingerprint density at radius 3 is 1.20 bits per heavy atom. The van der Waals surface area contributed by atoms with Gasteiger partial charge in [-0.2, -0.15) is 0 Å². The summed E-state index contributed by atoms with van der Waals surface area (Å²) in [6.45, 7) is 0. The zero-order valence-corrected chi connectivity index (χ0v) is 25.5. The first kappa shape index (κ1) is 27.6. The van der Waals surface area contributed by atoms with Crippen LogP contribution in [0.5, 0.6) is 0 Å². The quantitative estimate of drug-likeness (QED) is 0.181. The molecule has 0 radical (unpaired) electrons. The van der Waals surface area contributed by atoms with E-state index in [-0.39, 0.29) is 0 Å². The average Bonchev–Trinajstić information content (AvgIpc) is 3.13. The van der Waals surface area contributed by atoms with Gasteiger partial charge in [-0.3, -0.25) is 0 Å². The summed E-state index contributed by atoms with van der Waals surface area (Å²) in [6, 6.07) is 70.2. The molecule has 0 N–H and O–H groups in total. The highest BCUT2D eigenvalue weighted by Gasteiger charge is 2.13. The van der Waals surface area contributed by atoms with Gasteiger partial charge >= 0.3 is 0 Å². The smallest absolute Gasteiger partial charge is 0.00928 e. The minimum absolute atomic E-state index is 1.18. The largest absolute Gasteiger partial charge is 0.0622 e. The molecule has 0 heterocycles. The van der Waals surface area contributed by atoms with Crippen LogP contribution < -0.4 is 0 Å². The van der Waals surface area contributed by atoms with E-state index in [1.54, 1.807) is 0 Å². The van der Waals surface area contributed by atoms with Crippen molar-refractivity contribution in [3.05, 3.63) is 194 Å². The standard InChI is InChI=1S/C46H32/c1-2-10-24-45(46-32-35-21-11-12-23-39(35)41-25-14-16-28-44(41)46)43-27-15-13-26-42(43)40(22-9-1)38-30-36(33-17-5-3-6-18-33)29-37(31-38)34-19-7-4-8-20-34/h1-32H. The van der Waals surface area contributed by atoms with Crippen molar-refractivity contribution in [1.29, 1.82) is 0 Å². The molecule has 46 heavy (non-hydrogen) atoms. The zero-order valence-electron chi connectivity index (χ0n) is 25.5. The second-order valence-corrected chi connectivity index (χ2v) is 11.7. The molecule has 0 aliphatic carbocycles. The highest BCUT2D eigenvalue weighted by atomic mass is 14.2. The van der Waals surface area contributed by atoms with Crippen molar-refractivity contribution in [3.8, 4) is 44.5 Å². The predicted molar refractivity (Wildman–Crippen MR) is 198 cm³/mol. The van der Waals surface area contributed by atoms with Gasteiger partial charge in [0.1, 0.15) is 0 Å². The Bertz CT molecular complexity index is 2340. The molecule has 0 unspecified atom stereocenters. The molecule has 8 aromatic carbocycles. The fourth-order valence-electron chi connectivity index (χ4n) is 6.71. The summed E-state index contributed by atoms with van der Waals surface area (Å²) in [7, 11) is 0. The Labute approximate surface area is 270 Å². The van der Waals surface area contributed by atoms with E-state index < -0.39 is 0 Å². The lowest BCUT2D eigenvalue weighted by atomic mass is 9.89. The molecule has 0 nitrogen and oxygen atoms in total. The monoisotopic (exact) mass is 584 g/mol. The summed E-state index contributed by atoms with van der Waals surface area (Å²) in [6.07, 6.45) is 0. The van der Waals surface area contributed by atoms with Crippen molar-refractivity contribution >= 4 is 32.3 Å². The molecule has 0 fully saturated rings. The first-order valence-electron chi connectivity index (χ1n) is 15.9. The molecule has 0 atom stereocenters. The Balaban J connectivity index is 1.47. The van der Waals surface area contributed by atoms with Crippen molar-refractivity contribution in [2.75, 3.05) is 0 Å². The predicted octanol–water partition coefficient (Wildman–Crippen LogP) is 12.9. The molecule has 8 aromatic rings. The van der Waals surface area contributed by atoms with Crippen LogP contribution in [0.4, 0.5) is 0 Å². The zero-order chi connectivity index (χ0) is 30.7. The number of rotatable bonds is 4. The first-order valence-corrected chi connectivity index (χ1v) is 15.9. The van der Waals surface area contributed by atoms with E-state index in [0.717, 1.165) is 0 Å². The molecule has 216 valence electrons. The van der Waals surface area contributed by atoms with E-state index in [1.807, 2.05) is 0 Å². The van der Waals surface area contributed by atoms with Gasteiger partial charge in [0.05, 0.1) is 0 Å². The minimum Gasteiger partial charge on any atom is -0.0622 e. The van der Waals surface area contributed by atoms with Crippen molar-refractivity contribution in [2.24, 2.45) is 0 Å². The van der Waals surface area contributed by atoms with Gasteiger partial charge in [0.15, 0.2) is 0 Å². The molecular weight excluding hydrogens is 553 g/mol. The van der Waals surface area contributed by atoms with Gasteiger partial charge in [-0.25, -0.2) is 0 Å². The van der Waals surface area contributed by atoms with Crippen LogP contribution in [-0.2, 0) is 0 Å². The van der Waals surface area contributed by atoms with E-state index in [1.165, 1.54) is 76.8 Å². The van der Waals surface area contributed by atoms with Crippen LogP contribution in [0.25, 0.3) is 76.8 Å². The van der Waals surface area contributed by atoms with Gasteiger partial charge in [-0.15, -0.1) is 0 Å². The van der Waals surface area contributed by atoms with Gasteiger partial charge in [0.2, 0.25) is 0 Å². The van der Waals surface area contributed by atoms with Gasteiger partial charge < -0.3 is 0 Å². The summed E-state index contributed by atoms with van der Waals surface area (Å²) in [5, 5.41) is 7.46. The fraction of sp³-hybridized carbons (Fsp3) is 0. The third-order valence-electron chi connectivity index (χ3n) is 8.88. The Morgan fingerprint density at radius 2 is 0.587 bits per heavy atom. The SMILES string of the molecule is c1ccc(-c2cc(-c3ccccc3)cc(-c3ccccccc(-c4cc5ccccc5c5ccccc45)c4ccccc34)c2)cc1. The summed E-state index contributed by atoms with van der Waals surface area (Å²) < 4.78 is 0. The lowest BCUT2D eigenvalue weighted by Crippen LogP contribution is -1.88. The highest BCUT2D eigenvalue weighted by Crippen LogP contribution is 2.40. The number of benzene rings is 7. The highest BCUT2D eigenvalue weighted by molar-refractivity contribution is 6.16. The molecule has 0 bridgehead atoms. The van der Waals surface area contributed by atoms with Crippen LogP contribution in [0, 0.1) is 0 Å². The second kappa shape index (κ2) is 12.2. The Morgan fingerprint density at radius 1 is 0.196 bits per heavy atom.